The van der Waals surface area contributed by atoms with Crippen LogP contribution in [0.15, 0.2) is 188 Å². The highest BCUT2D eigenvalue weighted by atomic mass is 14.8. The van der Waals surface area contributed by atoms with Crippen LogP contribution in [0.25, 0.3) is 66.4 Å². The molecule has 3 heteroatoms. The zero-order valence-corrected chi connectivity index (χ0v) is 28.7. The van der Waals surface area contributed by atoms with Gasteiger partial charge in [-0.25, -0.2) is 4.98 Å². The van der Waals surface area contributed by atoms with Crippen LogP contribution >= 0.6 is 0 Å². The van der Waals surface area contributed by atoms with Gasteiger partial charge in [0.25, 0.3) is 0 Å². The average Bonchev–Trinajstić information content (AvgIpc) is 3.55. The Labute approximate surface area is 308 Å². The summed E-state index contributed by atoms with van der Waals surface area (Å²) in [5.41, 5.74) is 15.3. The maximum absolute atomic E-state index is 9.89. The van der Waals surface area contributed by atoms with Crippen molar-refractivity contribution in [2.75, 3.05) is 0 Å². The minimum Gasteiger partial charge on any atom is -0.254 e. The van der Waals surface area contributed by atoms with Crippen LogP contribution in [0.2, 0.25) is 0 Å². The van der Waals surface area contributed by atoms with Crippen molar-refractivity contribution in [3.8, 4) is 50.7 Å². The summed E-state index contributed by atoms with van der Waals surface area (Å²) in [5, 5.41) is 12.0. The van der Waals surface area contributed by atoms with Crippen molar-refractivity contribution in [2.24, 2.45) is 0 Å². The smallest absolute Gasteiger partial charge is 0.0998 e. The van der Waals surface area contributed by atoms with Crippen molar-refractivity contribution in [1.29, 1.82) is 5.26 Å². The van der Waals surface area contributed by atoms with Crippen LogP contribution < -0.4 is 0 Å². The van der Waals surface area contributed by atoms with Gasteiger partial charge in [0.05, 0.1) is 33.8 Å². The van der Waals surface area contributed by atoms with Crippen LogP contribution in [-0.4, -0.2) is 9.97 Å². The summed E-state index contributed by atoms with van der Waals surface area (Å²) in [6, 6.07) is 66.7. The molecule has 3 nitrogen and oxygen atoms in total. The monoisotopic (exact) mass is 673 g/mol. The summed E-state index contributed by atoms with van der Waals surface area (Å²) in [4.78, 5) is 10.1. The molecule has 0 spiro atoms. The van der Waals surface area contributed by atoms with Gasteiger partial charge in [-0.15, -0.1) is 0 Å². The zero-order valence-electron chi connectivity index (χ0n) is 28.7. The molecule has 7 aromatic carbocycles. The third kappa shape index (κ3) is 4.67. The van der Waals surface area contributed by atoms with E-state index in [1.54, 1.807) is 0 Å². The SMILES string of the molecule is N#Cc1ccccc1-c1ccc(-c2c(-c3ccc4ccc5cccnc5c4n3)ccc3c2-c2ccccc2C3(c2ccccc2)c2ccccc2)cc1. The van der Waals surface area contributed by atoms with Crippen molar-refractivity contribution in [3.63, 3.8) is 0 Å². The van der Waals surface area contributed by atoms with Crippen LogP contribution in [0.3, 0.4) is 0 Å². The number of benzene rings is 7. The molecule has 246 valence electrons. The van der Waals surface area contributed by atoms with E-state index >= 15 is 0 Å². The van der Waals surface area contributed by atoms with Gasteiger partial charge in [0, 0.05) is 22.5 Å². The largest absolute Gasteiger partial charge is 0.254 e. The molecule has 2 aromatic heterocycles. The second kappa shape index (κ2) is 12.3. The lowest BCUT2D eigenvalue weighted by Gasteiger charge is -2.34. The molecule has 0 fully saturated rings. The third-order valence-electron chi connectivity index (χ3n) is 10.9. The highest BCUT2D eigenvalue weighted by Gasteiger charge is 2.47. The molecule has 0 N–H and O–H groups in total. The van der Waals surface area contributed by atoms with Crippen molar-refractivity contribution in [3.05, 3.63) is 216 Å². The quantitative estimate of drug-likeness (QED) is 0.171. The normalized spacial score (nSPS) is 12.7. The first kappa shape index (κ1) is 30.7. The molecular weight excluding hydrogens is 643 g/mol. The van der Waals surface area contributed by atoms with Gasteiger partial charge >= 0.3 is 0 Å². The molecule has 0 unspecified atom stereocenters. The van der Waals surface area contributed by atoms with Gasteiger partial charge in [-0.05, 0) is 73.8 Å². The average molecular weight is 674 g/mol. The maximum atomic E-state index is 9.89. The molecule has 53 heavy (non-hydrogen) atoms. The molecule has 0 amide bonds. The Morgan fingerprint density at radius 1 is 0.434 bits per heavy atom. The second-order valence-electron chi connectivity index (χ2n) is 13.6. The summed E-state index contributed by atoms with van der Waals surface area (Å²) < 4.78 is 0. The summed E-state index contributed by atoms with van der Waals surface area (Å²) >= 11 is 0. The van der Waals surface area contributed by atoms with Gasteiger partial charge in [-0.1, -0.05) is 164 Å². The highest BCUT2D eigenvalue weighted by molar-refractivity contribution is 6.05. The fourth-order valence-electron chi connectivity index (χ4n) is 8.57. The van der Waals surface area contributed by atoms with Crippen LogP contribution in [0, 0.1) is 11.3 Å². The van der Waals surface area contributed by atoms with E-state index < -0.39 is 5.41 Å². The van der Waals surface area contributed by atoms with Gasteiger partial charge in [0.15, 0.2) is 0 Å². The molecule has 0 aliphatic heterocycles. The molecule has 1 aliphatic carbocycles. The predicted octanol–water partition coefficient (Wildman–Crippen LogP) is 12.0. The van der Waals surface area contributed by atoms with E-state index in [9.17, 15) is 5.26 Å². The predicted molar refractivity (Wildman–Crippen MR) is 215 cm³/mol. The third-order valence-corrected chi connectivity index (χ3v) is 10.9. The molecule has 0 atom stereocenters. The Hall–Kier alpha value is -7.15. The topological polar surface area (TPSA) is 49.6 Å². The van der Waals surface area contributed by atoms with Crippen molar-refractivity contribution >= 4 is 21.8 Å². The first-order valence-corrected chi connectivity index (χ1v) is 17.9. The number of pyridine rings is 2. The van der Waals surface area contributed by atoms with Crippen LogP contribution in [0.4, 0.5) is 0 Å². The van der Waals surface area contributed by atoms with Crippen molar-refractivity contribution < 1.29 is 0 Å². The highest BCUT2D eigenvalue weighted by Crippen LogP contribution is 2.59. The standard InChI is InChI=1S/C50H31N3/c51-32-37-12-7-8-18-40(37)33-21-23-34(24-22-33)46-42(45-30-27-36-26-25-35-13-11-31-52-48(35)49(36)53-45)28-29-44-47(46)41-19-9-10-20-43(41)50(44,38-14-3-1-4-15-38)39-16-5-2-6-17-39/h1-31H. The minimum atomic E-state index is -0.537. The van der Waals surface area contributed by atoms with Crippen LogP contribution in [-0.2, 0) is 5.41 Å². The number of hydrogen-bond acceptors (Lipinski definition) is 3. The fraction of sp³-hybridized carbons (Fsp3) is 0.0200. The Morgan fingerprint density at radius 2 is 1.06 bits per heavy atom. The summed E-state index contributed by atoms with van der Waals surface area (Å²) in [6.45, 7) is 0. The Kier molecular flexibility index (Phi) is 7.09. The van der Waals surface area contributed by atoms with E-state index in [1.807, 2.05) is 36.5 Å². The van der Waals surface area contributed by atoms with Gasteiger partial charge in [-0.2, -0.15) is 5.26 Å². The zero-order chi connectivity index (χ0) is 35.4. The number of rotatable bonds is 5. The van der Waals surface area contributed by atoms with E-state index in [-0.39, 0.29) is 0 Å². The Morgan fingerprint density at radius 3 is 1.79 bits per heavy atom. The maximum Gasteiger partial charge on any atom is 0.0998 e. The molecule has 0 radical (unpaired) electrons. The van der Waals surface area contributed by atoms with Crippen LogP contribution in [0.5, 0.6) is 0 Å². The van der Waals surface area contributed by atoms with E-state index in [4.69, 9.17) is 9.97 Å². The minimum absolute atomic E-state index is 0.537. The number of fused-ring (bicyclic) bond motifs is 6. The molecule has 10 rings (SSSR count). The molecule has 9 aromatic rings. The number of aromatic nitrogens is 2. The van der Waals surface area contributed by atoms with Crippen molar-refractivity contribution in [2.45, 2.75) is 5.41 Å². The first-order valence-electron chi connectivity index (χ1n) is 17.9. The van der Waals surface area contributed by atoms with Gasteiger partial charge in [0.2, 0.25) is 0 Å². The van der Waals surface area contributed by atoms with E-state index in [0.717, 1.165) is 55.3 Å². The second-order valence-corrected chi connectivity index (χ2v) is 13.6. The fourth-order valence-corrected chi connectivity index (χ4v) is 8.57. The first-order chi connectivity index (χ1) is 26.3. The molecule has 0 bridgehead atoms. The Bertz CT molecular complexity index is 2850. The lowest BCUT2D eigenvalue weighted by Crippen LogP contribution is -2.28. The lowest BCUT2D eigenvalue weighted by molar-refractivity contribution is 0.768. The summed E-state index contributed by atoms with van der Waals surface area (Å²) in [6.07, 6.45) is 1.84. The summed E-state index contributed by atoms with van der Waals surface area (Å²) in [5.74, 6) is 0. The van der Waals surface area contributed by atoms with Crippen molar-refractivity contribution in [1.82, 2.24) is 9.97 Å². The number of nitriles is 1. The molecule has 2 heterocycles. The lowest BCUT2D eigenvalue weighted by atomic mass is 9.67. The summed E-state index contributed by atoms with van der Waals surface area (Å²) in [7, 11) is 0. The number of hydrogen-bond donors (Lipinski definition) is 0. The van der Waals surface area contributed by atoms with E-state index in [0.29, 0.717) is 5.56 Å². The van der Waals surface area contributed by atoms with Gasteiger partial charge in [-0.3, -0.25) is 4.98 Å². The van der Waals surface area contributed by atoms with Crippen LogP contribution in [0.1, 0.15) is 27.8 Å². The van der Waals surface area contributed by atoms with Gasteiger partial charge < -0.3 is 0 Å². The van der Waals surface area contributed by atoms with Gasteiger partial charge in [0.1, 0.15) is 0 Å². The Balaban J connectivity index is 1.30. The number of nitrogens with zero attached hydrogens (tertiary/aromatic N) is 3. The van der Waals surface area contributed by atoms with E-state index in [1.165, 1.54) is 33.4 Å². The molecule has 1 aliphatic rings. The molecule has 0 saturated heterocycles. The molecular formula is C50H31N3. The van der Waals surface area contributed by atoms with E-state index in [2.05, 4.69) is 158 Å². The molecule has 0 saturated carbocycles.